The molecule has 0 saturated carbocycles. The number of amides is 1. The molecule has 14 heteroatoms. The summed E-state index contributed by atoms with van der Waals surface area (Å²) in [5.74, 6) is -3.61. The second kappa shape index (κ2) is 9.67. The number of hydrogen-bond acceptors (Lipinski definition) is 10. The number of H-pyrrole nitrogens is 1. The number of carboxylic acids is 2. The number of nitrogens with zero attached hydrogens (tertiary/aromatic N) is 2. The largest absolute Gasteiger partial charge is 0.507 e. The molecule has 0 radical (unpaired) electrons. The number of phenols is 1. The maximum atomic E-state index is 12.3. The minimum Gasteiger partial charge on any atom is -0.507 e. The van der Waals surface area contributed by atoms with E-state index in [2.05, 4.69) is 30.9 Å². The van der Waals surface area contributed by atoms with Crippen molar-refractivity contribution in [3.63, 3.8) is 0 Å². The Morgan fingerprint density at radius 3 is 2.67 bits per heavy atom. The van der Waals surface area contributed by atoms with Crippen LogP contribution in [0.2, 0.25) is 0 Å². The Morgan fingerprint density at radius 2 is 2.00 bits per heavy atom. The minimum atomic E-state index is -1.42. The summed E-state index contributed by atoms with van der Waals surface area (Å²) in [6.07, 6.45) is -0.744. The zero-order valence-electron chi connectivity index (χ0n) is 17.1. The van der Waals surface area contributed by atoms with Gasteiger partial charge in [0.2, 0.25) is 5.95 Å². The SMILES string of the molecule is Nc1nc2c(c(=O)[nH]1)N=C(CNc1ccc(C(=O)N[C@@H](CCC(=O)O)C(=O)O)c(O)c1)CN2. The molecule has 9 N–H and O–H groups in total. The van der Waals surface area contributed by atoms with Gasteiger partial charge in [-0.3, -0.25) is 19.4 Å². The molecule has 1 aromatic carbocycles. The average Bonchev–Trinajstić information content (AvgIpc) is 2.74. The molecule has 33 heavy (non-hydrogen) atoms. The van der Waals surface area contributed by atoms with Crippen molar-refractivity contribution in [3.05, 3.63) is 34.1 Å². The van der Waals surface area contributed by atoms with Crippen LogP contribution in [0.3, 0.4) is 0 Å². The summed E-state index contributed by atoms with van der Waals surface area (Å²) in [5.41, 5.74) is 5.93. The molecule has 2 aromatic rings. The van der Waals surface area contributed by atoms with Crippen LogP contribution in [0.1, 0.15) is 23.2 Å². The van der Waals surface area contributed by atoms with Crippen LogP contribution in [-0.2, 0) is 9.59 Å². The number of carbonyl (C=O) groups is 3. The topological polar surface area (TPSA) is 232 Å². The Balaban J connectivity index is 1.65. The summed E-state index contributed by atoms with van der Waals surface area (Å²) in [7, 11) is 0. The van der Waals surface area contributed by atoms with Crippen molar-refractivity contribution in [2.24, 2.45) is 4.99 Å². The lowest BCUT2D eigenvalue weighted by atomic mass is 10.1. The number of benzene rings is 1. The molecular formula is C19H21N7O7. The lowest BCUT2D eigenvalue weighted by Gasteiger charge is -2.17. The third-order valence-corrected chi connectivity index (χ3v) is 4.63. The van der Waals surface area contributed by atoms with Crippen LogP contribution in [0.4, 0.5) is 23.1 Å². The molecule has 1 amide bonds. The molecule has 1 aromatic heterocycles. The number of nitrogens with one attached hydrogen (secondary N) is 4. The molecule has 0 aliphatic carbocycles. The van der Waals surface area contributed by atoms with Crippen LogP contribution < -0.4 is 27.2 Å². The minimum absolute atomic E-state index is 0.0285. The van der Waals surface area contributed by atoms with Crippen molar-refractivity contribution < 1.29 is 29.7 Å². The fourth-order valence-corrected chi connectivity index (χ4v) is 3.00. The molecule has 0 spiro atoms. The van der Waals surface area contributed by atoms with E-state index in [-0.39, 0.29) is 36.0 Å². The summed E-state index contributed by atoms with van der Waals surface area (Å²) < 4.78 is 0. The molecule has 0 unspecified atom stereocenters. The number of aliphatic imine (C=N–C) groups is 1. The van der Waals surface area contributed by atoms with Crippen LogP contribution in [0, 0.1) is 0 Å². The van der Waals surface area contributed by atoms with Gasteiger partial charge in [-0.1, -0.05) is 0 Å². The van der Waals surface area contributed by atoms with Gasteiger partial charge in [-0.25, -0.2) is 9.79 Å². The molecule has 1 aliphatic rings. The van der Waals surface area contributed by atoms with E-state index >= 15 is 0 Å². The maximum Gasteiger partial charge on any atom is 0.326 e. The van der Waals surface area contributed by atoms with E-state index in [1.807, 2.05) is 0 Å². The monoisotopic (exact) mass is 459 g/mol. The van der Waals surface area contributed by atoms with Gasteiger partial charge in [-0.05, 0) is 18.6 Å². The number of fused-ring (bicyclic) bond motifs is 1. The van der Waals surface area contributed by atoms with Crippen molar-refractivity contribution in [2.45, 2.75) is 18.9 Å². The molecule has 0 fully saturated rings. The van der Waals surface area contributed by atoms with E-state index in [0.29, 0.717) is 17.9 Å². The third kappa shape index (κ3) is 5.75. The van der Waals surface area contributed by atoms with Crippen molar-refractivity contribution >= 4 is 46.7 Å². The molecule has 0 bridgehead atoms. The van der Waals surface area contributed by atoms with Gasteiger partial charge in [0, 0.05) is 18.2 Å². The second-order valence-electron chi connectivity index (χ2n) is 7.06. The Morgan fingerprint density at radius 1 is 1.24 bits per heavy atom. The van der Waals surface area contributed by atoms with Crippen LogP contribution in [0.15, 0.2) is 28.0 Å². The Bertz CT molecular complexity index is 1190. The number of aromatic nitrogens is 2. The van der Waals surface area contributed by atoms with Crippen LogP contribution in [0.5, 0.6) is 5.75 Å². The summed E-state index contributed by atoms with van der Waals surface area (Å²) in [6, 6.07) is 2.62. The van der Waals surface area contributed by atoms with Gasteiger partial charge in [0.25, 0.3) is 11.5 Å². The number of aliphatic carboxylic acids is 2. The fraction of sp³-hybridized carbons (Fsp3) is 0.263. The molecule has 1 atom stereocenters. The highest BCUT2D eigenvalue weighted by Gasteiger charge is 2.23. The van der Waals surface area contributed by atoms with Crippen LogP contribution in [-0.4, -0.2) is 68.0 Å². The standard InChI is InChI=1S/C19H21N7O7/c20-19-25-15-14(17(31)26-19)23-9(7-22-15)6-21-8-1-2-10(12(27)5-8)16(30)24-11(18(32)33)3-4-13(28)29/h1-2,5,11,21,27H,3-4,6-7H2,(H,24,30)(H,28,29)(H,32,33)(H4,20,22,25,26,31)/t11-/m0/s1. The van der Waals surface area contributed by atoms with E-state index in [1.165, 1.54) is 18.2 Å². The van der Waals surface area contributed by atoms with Crippen LogP contribution >= 0.6 is 0 Å². The number of nitrogens with two attached hydrogens (primary N) is 1. The number of aromatic hydroxyl groups is 1. The van der Waals surface area contributed by atoms with Gasteiger partial charge < -0.3 is 37.0 Å². The number of hydrogen-bond donors (Lipinski definition) is 8. The molecule has 174 valence electrons. The van der Waals surface area contributed by atoms with E-state index in [1.54, 1.807) is 0 Å². The van der Waals surface area contributed by atoms with Crippen molar-refractivity contribution in [3.8, 4) is 5.75 Å². The summed E-state index contributed by atoms with van der Waals surface area (Å²) in [6.45, 7) is 0.507. The lowest BCUT2D eigenvalue weighted by Crippen LogP contribution is -2.41. The number of rotatable bonds is 9. The van der Waals surface area contributed by atoms with E-state index in [9.17, 15) is 24.3 Å². The van der Waals surface area contributed by atoms with Crippen molar-refractivity contribution in [1.29, 1.82) is 0 Å². The molecule has 0 saturated heterocycles. The number of phenolic OH excluding ortho intramolecular Hbond substituents is 1. The van der Waals surface area contributed by atoms with Crippen molar-refractivity contribution in [1.82, 2.24) is 15.3 Å². The van der Waals surface area contributed by atoms with Gasteiger partial charge in [0.05, 0.1) is 24.4 Å². The highest BCUT2D eigenvalue weighted by molar-refractivity contribution is 6.00. The van der Waals surface area contributed by atoms with Crippen LogP contribution in [0.25, 0.3) is 0 Å². The summed E-state index contributed by atoms with van der Waals surface area (Å²) in [4.78, 5) is 56.8. The first-order valence-corrected chi connectivity index (χ1v) is 9.66. The molecule has 2 heterocycles. The van der Waals surface area contributed by atoms with E-state index < -0.39 is 41.6 Å². The molecule has 3 rings (SSSR count). The third-order valence-electron chi connectivity index (χ3n) is 4.63. The second-order valence-corrected chi connectivity index (χ2v) is 7.06. The van der Waals surface area contributed by atoms with E-state index in [4.69, 9.17) is 15.9 Å². The number of carbonyl (C=O) groups excluding carboxylic acids is 1. The van der Waals surface area contributed by atoms with Gasteiger partial charge in [-0.15, -0.1) is 0 Å². The first-order valence-electron chi connectivity index (χ1n) is 9.66. The smallest absolute Gasteiger partial charge is 0.326 e. The zero-order valence-corrected chi connectivity index (χ0v) is 17.1. The summed E-state index contributed by atoms with van der Waals surface area (Å²) >= 11 is 0. The number of nitrogen functional groups attached to an aromatic ring is 1. The highest BCUT2D eigenvalue weighted by atomic mass is 16.4. The van der Waals surface area contributed by atoms with Crippen molar-refractivity contribution in [2.75, 3.05) is 29.5 Å². The highest BCUT2D eigenvalue weighted by Crippen LogP contribution is 2.24. The number of anilines is 3. The van der Waals surface area contributed by atoms with Gasteiger partial charge >= 0.3 is 11.9 Å². The first-order chi connectivity index (χ1) is 15.6. The van der Waals surface area contributed by atoms with Gasteiger partial charge in [-0.2, -0.15) is 4.98 Å². The van der Waals surface area contributed by atoms with Gasteiger partial charge in [0.1, 0.15) is 11.8 Å². The Hall–Kier alpha value is -4.62. The lowest BCUT2D eigenvalue weighted by molar-refractivity contribution is -0.140. The fourth-order valence-electron chi connectivity index (χ4n) is 3.00. The average molecular weight is 459 g/mol. The Labute approximate surface area is 185 Å². The normalized spacial score (nSPS) is 13.2. The van der Waals surface area contributed by atoms with Gasteiger partial charge in [0.15, 0.2) is 11.5 Å². The maximum absolute atomic E-state index is 12.3. The molecular weight excluding hydrogens is 438 g/mol. The zero-order chi connectivity index (χ0) is 24.1. The Kier molecular flexibility index (Phi) is 6.76. The molecule has 1 aliphatic heterocycles. The molecule has 14 nitrogen and oxygen atoms in total. The predicted octanol–water partition coefficient (Wildman–Crippen LogP) is -0.284. The quantitative estimate of drug-likeness (QED) is 0.243. The first kappa shape index (κ1) is 23.1. The van der Waals surface area contributed by atoms with E-state index in [0.717, 1.165) is 0 Å². The summed E-state index contributed by atoms with van der Waals surface area (Å²) in [5, 5.41) is 36.2. The number of carboxylic acid groups (broad SMARTS) is 2. The number of aromatic amines is 1. The predicted molar refractivity (Wildman–Crippen MR) is 117 cm³/mol.